The molecule has 0 saturated carbocycles. The maximum atomic E-state index is 13.0. The van der Waals surface area contributed by atoms with Crippen LogP contribution in [-0.4, -0.2) is 15.9 Å². The second kappa shape index (κ2) is 10.5. The lowest BCUT2D eigenvalue weighted by molar-refractivity contribution is -0.384. The van der Waals surface area contributed by atoms with Gasteiger partial charge in [0.2, 0.25) is 0 Å². The molecule has 8 heteroatoms. The molecule has 0 aliphatic heterocycles. The van der Waals surface area contributed by atoms with Gasteiger partial charge in [-0.05, 0) is 62.1 Å². The maximum absolute atomic E-state index is 13.0. The van der Waals surface area contributed by atoms with Crippen LogP contribution in [0.3, 0.4) is 0 Å². The van der Waals surface area contributed by atoms with Crippen LogP contribution < -0.4 is 5.32 Å². The molecule has 0 saturated heterocycles. The summed E-state index contributed by atoms with van der Waals surface area (Å²) >= 11 is 0. The lowest BCUT2D eigenvalue weighted by Gasteiger charge is -2.14. The lowest BCUT2D eigenvalue weighted by Crippen LogP contribution is -2.13. The average molecular weight is 459 g/mol. The van der Waals surface area contributed by atoms with Gasteiger partial charge >= 0.3 is 0 Å². The van der Waals surface area contributed by atoms with Crippen molar-refractivity contribution < 1.29 is 14.8 Å². The fourth-order valence-electron chi connectivity index (χ4n) is 3.40. The number of azo groups is 1. The first-order chi connectivity index (χ1) is 16.2. The van der Waals surface area contributed by atoms with Crippen molar-refractivity contribution in [2.45, 2.75) is 34.1 Å². The summed E-state index contributed by atoms with van der Waals surface area (Å²) in [6.07, 6.45) is 4.52. The van der Waals surface area contributed by atoms with Gasteiger partial charge in [-0.2, -0.15) is 5.11 Å². The quantitative estimate of drug-likeness (QED) is 0.219. The minimum absolute atomic E-state index is 0.0448. The third kappa shape index (κ3) is 5.35. The van der Waals surface area contributed by atoms with E-state index < -0.39 is 10.8 Å². The fraction of sp³-hybridized carbons (Fsp3) is 0.192. The molecule has 0 atom stereocenters. The minimum atomic E-state index is -0.479. The Kier molecular flexibility index (Phi) is 7.53. The van der Waals surface area contributed by atoms with Gasteiger partial charge in [-0.15, -0.1) is 5.11 Å². The number of hydrogen-bond donors (Lipinski definition) is 2. The van der Waals surface area contributed by atoms with Gasteiger partial charge in [0, 0.05) is 23.4 Å². The average Bonchev–Trinajstić information content (AvgIpc) is 2.80. The number of carbonyl (C=O) groups excluding carboxylic acids is 1. The third-order valence-corrected chi connectivity index (χ3v) is 5.33. The summed E-state index contributed by atoms with van der Waals surface area (Å²) in [6, 6.07) is 13.2. The molecule has 0 heterocycles. The predicted molar refractivity (Wildman–Crippen MR) is 133 cm³/mol. The number of allylic oxidation sites excluding steroid dienone is 1. The minimum Gasteiger partial charge on any atom is -0.505 e. The Morgan fingerprint density at radius 1 is 1.06 bits per heavy atom. The summed E-state index contributed by atoms with van der Waals surface area (Å²) < 4.78 is 0. The molecule has 3 rings (SSSR count). The summed E-state index contributed by atoms with van der Waals surface area (Å²) in [5.41, 5.74) is 4.07. The third-order valence-electron chi connectivity index (χ3n) is 5.33. The Morgan fingerprint density at radius 3 is 2.44 bits per heavy atom. The van der Waals surface area contributed by atoms with Crippen molar-refractivity contribution in [3.05, 3.63) is 92.5 Å². The number of rotatable bonds is 7. The van der Waals surface area contributed by atoms with E-state index in [9.17, 15) is 20.0 Å². The number of para-hydroxylation sites is 1. The number of nitro benzene ring substituents is 1. The number of carbonyl (C=O) groups is 1. The monoisotopic (exact) mass is 458 g/mol. The highest BCUT2D eigenvalue weighted by atomic mass is 16.6. The van der Waals surface area contributed by atoms with E-state index in [0.29, 0.717) is 22.5 Å². The summed E-state index contributed by atoms with van der Waals surface area (Å²) in [6.45, 7) is 7.38. The number of phenols is 1. The first-order valence-electron chi connectivity index (χ1n) is 10.8. The molecule has 0 radical (unpaired) electrons. The number of non-ortho nitro benzene ring substituents is 1. The van der Waals surface area contributed by atoms with Crippen LogP contribution in [0.1, 0.15) is 46.0 Å². The van der Waals surface area contributed by atoms with E-state index in [1.165, 1.54) is 18.2 Å². The van der Waals surface area contributed by atoms with Crippen LogP contribution in [0, 0.1) is 30.9 Å². The Labute approximate surface area is 197 Å². The zero-order chi connectivity index (χ0) is 24.8. The molecular formula is C26H26N4O4. The van der Waals surface area contributed by atoms with Crippen LogP contribution in [-0.2, 0) is 0 Å². The van der Waals surface area contributed by atoms with Gasteiger partial charge in [0.1, 0.15) is 5.69 Å². The van der Waals surface area contributed by atoms with E-state index in [2.05, 4.69) is 15.5 Å². The highest BCUT2D eigenvalue weighted by molar-refractivity contribution is 6.08. The Balaban J connectivity index is 2.07. The first-order valence-corrected chi connectivity index (χ1v) is 10.8. The molecule has 0 aliphatic carbocycles. The zero-order valence-electron chi connectivity index (χ0n) is 19.5. The largest absolute Gasteiger partial charge is 0.505 e. The van der Waals surface area contributed by atoms with E-state index in [1.807, 2.05) is 51.1 Å². The molecule has 3 aromatic rings. The first kappa shape index (κ1) is 24.3. The molecule has 0 unspecified atom stereocenters. The van der Waals surface area contributed by atoms with Gasteiger partial charge < -0.3 is 10.4 Å². The summed E-state index contributed by atoms with van der Waals surface area (Å²) in [4.78, 5) is 23.5. The fourth-order valence-corrected chi connectivity index (χ4v) is 3.40. The maximum Gasteiger partial charge on any atom is 0.269 e. The van der Waals surface area contributed by atoms with Crippen LogP contribution in [0.15, 0.2) is 64.8 Å². The number of benzene rings is 3. The van der Waals surface area contributed by atoms with Gasteiger partial charge in [-0.25, -0.2) is 0 Å². The number of anilines is 1. The molecule has 2 N–H and O–H groups in total. The Morgan fingerprint density at radius 2 is 1.79 bits per heavy atom. The number of phenolic OH excluding ortho intramolecular Hbond substituents is 1. The SMILES string of the molecule is CC/C=C\c1c(C)cc(C(=O)Nc2ccccc2C)c(O)c1N=Nc1ccc([N+](=O)[O-])cc1C. The molecular weight excluding hydrogens is 432 g/mol. The molecule has 1 amide bonds. The van der Waals surface area contributed by atoms with E-state index in [0.717, 1.165) is 17.5 Å². The standard InChI is InChI=1S/C26H26N4O4/c1-5-6-10-20-17(3)15-21(26(32)27-22-11-8-7-9-16(22)2)25(31)24(20)29-28-23-13-12-19(30(33)34)14-18(23)4/h6-15,31H,5H2,1-4H3,(H,27,32)/b10-6-,29-28?. The smallest absolute Gasteiger partial charge is 0.269 e. The van der Waals surface area contributed by atoms with Gasteiger partial charge in [0.05, 0.1) is 16.2 Å². The van der Waals surface area contributed by atoms with Crippen LogP contribution in [0.4, 0.5) is 22.7 Å². The van der Waals surface area contributed by atoms with E-state index in [-0.39, 0.29) is 22.7 Å². The van der Waals surface area contributed by atoms with Crippen molar-refractivity contribution in [2.24, 2.45) is 10.2 Å². The van der Waals surface area contributed by atoms with Gasteiger partial charge in [0.15, 0.2) is 5.75 Å². The Bertz CT molecular complexity index is 1310. The van der Waals surface area contributed by atoms with Crippen molar-refractivity contribution in [1.82, 2.24) is 0 Å². The number of amides is 1. The number of nitrogens with one attached hydrogen (secondary N) is 1. The molecule has 0 spiro atoms. The molecule has 0 aliphatic rings. The summed E-state index contributed by atoms with van der Waals surface area (Å²) in [5, 5.41) is 33.4. The van der Waals surface area contributed by atoms with Crippen LogP contribution in [0.2, 0.25) is 0 Å². The van der Waals surface area contributed by atoms with Crippen molar-refractivity contribution in [2.75, 3.05) is 5.32 Å². The van der Waals surface area contributed by atoms with Crippen LogP contribution >= 0.6 is 0 Å². The second-order valence-electron chi connectivity index (χ2n) is 7.86. The molecule has 0 fully saturated rings. The van der Waals surface area contributed by atoms with Gasteiger partial charge in [-0.3, -0.25) is 14.9 Å². The predicted octanol–water partition coefficient (Wildman–Crippen LogP) is 7.32. The van der Waals surface area contributed by atoms with Crippen molar-refractivity contribution in [3.8, 4) is 5.75 Å². The number of hydrogen-bond acceptors (Lipinski definition) is 6. The topological polar surface area (TPSA) is 117 Å². The molecule has 8 nitrogen and oxygen atoms in total. The normalized spacial score (nSPS) is 11.3. The van der Waals surface area contributed by atoms with E-state index in [4.69, 9.17) is 0 Å². The zero-order valence-corrected chi connectivity index (χ0v) is 19.5. The van der Waals surface area contributed by atoms with E-state index >= 15 is 0 Å². The van der Waals surface area contributed by atoms with Crippen LogP contribution in [0.5, 0.6) is 5.75 Å². The molecule has 0 aromatic heterocycles. The summed E-state index contributed by atoms with van der Waals surface area (Å²) in [5.74, 6) is -0.764. The second-order valence-corrected chi connectivity index (χ2v) is 7.86. The van der Waals surface area contributed by atoms with Crippen LogP contribution in [0.25, 0.3) is 6.08 Å². The lowest BCUT2D eigenvalue weighted by atomic mass is 10.00. The van der Waals surface area contributed by atoms with E-state index in [1.54, 1.807) is 19.1 Å². The van der Waals surface area contributed by atoms with Gasteiger partial charge in [-0.1, -0.05) is 37.3 Å². The number of nitrogens with zero attached hydrogens (tertiary/aromatic N) is 3. The highest BCUT2D eigenvalue weighted by Crippen LogP contribution is 2.39. The Hall–Kier alpha value is -4.33. The molecule has 34 heavy (non-hydrogen) atoms. The molecule has 174 valence electrons. The van der Waals surface area contributed by atoms with Crippen molar-refractivity contribution in [3.63, 3.8) is 0 Å². The highest BCUT2D eigenvalue weighted by Gasteiger charge is 2.20. The number of nitro groups is 1. The van der Waals surface area contributed by atoms with Gasteiger partial charge in [0.25, 0.3) is 11.6 Å². The van der Waals surface area contributed by atoms with Crippen molar-refractivity contribution >= 4 is 34.7 Å². The molecule has 3 aromatic carbocycles. The molecule has 0 bridgehead atoms. The van der Waals surface area contributed by atoms with Crippen molar-refractivity contribution in [1.29, 1.82) is 0 Å². The number of aryl methyl sites for hydroxylation is 3. The number of aromatic hydroxyl groups is 1. The summed E-state index contributed by atoms with van der Waals surface area (Å²) in [7, 11) is 0.